The third kappa shape index (κ3) is 5.21. The highest BCUT2D eigenvalue weighted by Gasteiger charge is 2.27. The summed E-state index contributed by atoms with van der Waals surface area (Å²) in [5.41, 5.74) is 1.76. The van der Waals surface area contributed by atoms with Crippen molar-refractivity contribution in [2.75, 3.05) is 26.7 Å². The smallest absolute Gasteiger partial charge is 0.254 e. The minimum atomic E-state index is -0.508. The summed E-state index contributed by atoms with van der Waals surface area (Å²) in [4.78, 5) is 12.4. The van der Waals surface area contributed by atoms with Crippen LogP contribution in [0.5, 0.6) is 5.75 Å². The minimum absolute atomic E-state index is 0. The van der Waals surface area contributed by atoms with Gasteiger partial charge in [0.15, 0.2) is 0 Å². The van der Waals surface area contributed by atoms with Gasteiger partial charge in [0.2, 0.25) is 0 Å². The first kappa shape index (κ1) is 21.2. The predicted molar refractivity (Wildman–Crippen MR) is 108 cm³/mol. The van der Waals surface area contributed by atoms with Crippen LogP contribution < -0.4 is 15.4 Å². The van der Waals surface area contributed by atoms with E-state index in [1.54, 1.807) is 19.2 Å². The second kappa shape index (κ2) is 9.20. The van der Waals surface area contributed by atoms with Gasteiger partial charge >= 0.3 is 0 Å². The molecule has 1 fully saturated rings. The van der Waals surface area contributed by atoms with Gasteiger partial charge in [-0.25, -0.2) is 4.39 Å². The molecule has 2 aromatic rings. The molecule has 6 heteroatoms. The zero-order valence-electron chi connectivity index (χ0n) is 15.7. The lowest BCUT2D eigenvalue weighted by Crippen LogP contribution is -2.43. The van der Waals surface area contributed by atoms with E-state index in [-0.39, 0.29) is 29.3 Å². The summed E-state index contributed by atoms with van der Waals surface area (Å²) in [5, 5.41) is 6.22. The van der Waals surface area contributed by atoms with Gasteiger partial charge in [0.25, 0.3) is 5.91 Å². The molecule has 2 N–H and O–H groups in total. The molecule has 0 bridgehead atoms. The van der Waals surface area contributed by atoms with Crippen molar-refractivity contribution in [3.8, 4) is 16.9 Å². The number of carbonyl (C=O) groups excluding carboxylic acids is 1. The molecule has 1 amide bonds. The Labute approximate surface area is 165 Å². The average Bonchev–Trinajstić information content (AvgIpc) is 2.67. The molecule has 1 heterocycles. The molecule has 2 aromatic carbocycles. The van der Waals surface area contributed by atoms with E-state index < -0.39 is 5.82 Å². The van der Waals surface area contributed by atoms with Crippen LogP contribution in [0.3, 0.4) is 0 Å². The van der Waals surface area contributed by atoms with Crippen LogP contribution in [0, 0.1) is 11.2 Å². The average molecular weight is 393 g/mol. The summed E-state index contributed by atoms with van der Waals surface area (Å²) in [7, 11) is 1.60. The van der Waals surface area contributed by atoms with E-state index in [9.17, 15) is 9.18 Å². The van der Waals surface area contributed by atoms with Crippen LogP contribution in [0.1, 0.15) is 30.1 Å². The van der Waals surface area contributed by atoms with Crippen LogP contribution >= 0.6 is 12.4 Å². The summed E-state index contributed by atoms with van der Waals surface area (Å²) in [6.07, 6.45) is 2.01. The van der Waals surface area contributed by atoms with Crippen molar-refractivity contribution < 1.29 is 13.9 Å². The van der Waals surface area contributed by atoms with E-state index in [0.717, 1.165) is 42.8 Å². The number of carbonyl (C=O) groups is 1. The lowest BCUT2D eigenvalue weighted by molar-refractivity contribution is 0.0918. The van der Waals surface area contributed by atoms with Gasteiger partial charge in [-0.3, -0.25) is 4.79 Å². The number of hydrogen-bond acceptors (Lipinski definition) is 3. The number of methoxy groups -OCH3 is 1. The van der Waals surface area contributed by atoms with Crippen LogP contribution in [0.4, 0.5) is 4.39 Å². The van der Waals surface area contributed by atoms with Crippen molar-refractivity contribution in [1.29, 1.82) is 0 Å². The molecule has 3 rings (SSSR count). The Balaban J connectivity index is 0.00000261. The lowest BCUT2D eigenvalue weighted by atomic mass is 9.81. The van der Waals surface area contributed by atoms with E-state index in [1.807, 2.05) is 24.3 Å². The normalized spacial score (nSPS) is 15.5. The first-order valence-electron chi connectivity index (χ1n) is 8.94. The molecular formula is C21H26ClFN2O2. The molecule has 0 aromatic heterocycles. The maximum absolute atomic E-state index is 14.5. The first-order valence-corrected chi connectivity index (χ1v) is 8.94. The second-order valence-corrected chi connectivity index (χ2v) is 7.17. The Kier molecular flexibility index (Phi) is 7.22. The largest absolute Gasteiger partial charge is 0.497 e. The highest BCUT2D eigenvalue weighted by molar-refractivity contribution is 5.95. The van der Waals surface area contributed by atoms with Crippen LogP contribution in [-0.4, -0.2) is 32.7 Å². The third-order valence-corrected chi connectivity index (χ3v) is 5.12. The van der Waals surface area contributed by atoms with Gasteiger partial charge in [-0.1, -0.05) is 25.1 Å². The van der Waals surface area contributed by atoms with Crippen LogP contribution in [0.15, 0.2) is 42.5 Å². The van der Waals surface area contributed by atoms with Crippen LogP contribution in [0.25, 0.3) is 11.1 Å². The molecule has 0 spiro atoms. The molecule has 0 saturated carbocycles. The number of amides is 1. The lowest BCUT2D eigenvalue weighted by Gasteiger charge is -2.34. The zero-order chi connectivity index (χ0) is 18.6. The molecule has 27 heavy (non-hydrogen) atoms. The van der Waals surface area contributed by atoms with E-state index in [4.69, 9.17) is 4.74 Å². The van der Waals surface area contributed by atoms with Gasteiger partial charge in [0, 0.05) is 6.54 Å². The number of nitrogens with one attached hydrogen (secondary N) is 2. The maximum Gasteiger partial charge on any atom is 0.254 e. The molecule has 0 aliphatic carbocycles. The van der Waals surface area contributed by atoms with Crippen molar-refractivity contribution >= 4 is 18.3 Å². The SMILES string of the molecule is COc1ccc(-c2ccc(C(=O)NCC3(C)CCNCC3)c(F)c2)cc1.Cl. The molecule has 1 aliphatic rings. The third-order valence-electron chi connectivity index (χ3n) is 5.12. The van der Waals surface area contributed by atoms with E-state index in [0.29, 0.717) is 6.54 Å². The molecule has 0 radical (unpaired) electrons. The highest BCUT2D eigenvalue weighted by Crippen LogP contribution is 2.27. The van der Waals surface area contributed by atoms with Crippen molar-refractivity contribution in [2.24, 2.45) is 5.41 Å². The maximum atomic E-state index is 14.5. The molecule has 0 unspecified atom stereocenters. The topological polar surface area (TPSA) is 50.4 Å². The Hall–Kier alpha value is -2.11. The summed E-state index contributed by atoms with van der Waals surface area (Å²) in [6.45, 7) is 4.64. The fourth-order valence-corrected chi connectivity index (χ4v) is 3.26. The van der Waals surface area contributed by atoms with E-state index in [1.165, 1.54) is 6.07 Å². The fourth-order valence-electron chi connectivity index (χ4n) is 3.26. The number of piperidine rings is 1. The van der Waals surface area contributed by atoms with Crippen molar-refractivity contribution in [3.63, 3.8) is 0 Å². The summed E-state index contributed by atoms with van der Waals surface area (Å²) >= 11 is 0. The Morgan fingerprint density at radius 1 is 1.15 bits per heavy atom. The van der Waals surface area contributed by atoms with Gasteiger partial charge in [0.05, 0.1) is 12.7 Å². The van der Waals surface area contributed by atoms with Gasteiger partial charge in [-0.2, -0.15) is 0 Å². The fraction of sp³-hybridized carbons (Fsp3) is 0.381. The van der Waals surface area contributed by atoms with Crippen molar-refractivity contribution in [3.05, 3.63) is 53.8 Å². The van der Waals surface area contributed by atoms with E-state index >= 15 is 0 Å². The summed E-state index contributed by atoms with van der Waals surface area (Å²) in [6, 6.07) is 12.1. The molecule has 1 saturated heterocycles. The highest BCUT2D eigenvalue weighted by atomic mass is 35.5. The molecule has 1 aliphatic heterocycles. The van der Waals surface area contributed by atoms with Crippen molar-refractivity contribution in [2.45, 2.75) is 19.8 Å². The van der Waals surface area contributed by atoms with Crippen molar-refractivity contribution in [1.82, 2.24) is 10.6 Å². The Morgan fingerprint density at radius 3 is 2.37 bits per heavy atom. The minimum Gasteiger partial charge on any atom is -0.497 e. The quantitative estimate of drug-likeness (QED) is 0.807. The van der Waals surface area contributed by atoms with Gasteiger partial charge in [-0.05, 0) is 66.7 Å². The predicted octanol–water partition coefficient (Wildman–Crippen LogP) is 4.04. The number of rotatable bonds is 5. The number of benzene rings is 2. The molecule has 0 atom stereocenters. The zero-order valence-corrected chi connectivity index (χ0v) is 16.5. The first-order chi connectivity index (χ1) is 12.5. The number of halogens is 2. The van der Waals surface area contributed by atoms with Gasteiger partial charge in [0.1, 0.15) is 11.6 Å². The van der Waals surface area contributed by atoms with Gasteiger partial charge < -0.3 is 15.4 Å². The summed E-state index contributed by atoms with van der Waals surface area (Å²) in [5.74, 6) is -0.119. The standard InChI is InChI=1S/C21H25FN2O2.ClH/c1-21(9-11-23-12-10-21)14-24-20(25)18-8-5-16(13-19(18)22)15-3-6-17(26-2)7-4-15;/h3-8,13,23H,9-12,14H2,1-2H3,(H,24,25);1H. The summed E-state index contributed by atoms with van der Waals surface area (Å²) < 4.78 is 19.6. The Bertz CT molecular complexity index is 774. The molecule has 146 valence electrons. The second-order valence-electron chi connectivity index (χ2n) is 7.17. The van der Waals surface area contributed by atoms with Gasteiger partial charge in [-0.15, -0.1) is 12.4 Å². The van der Waals surface area contributed by atoms with Crippen LogP contribution in [-0.2, 0) is 0 Å². The van der Waals surface area contributed by atoms with Crippen LogP contribution in [0.2, 0.25) is 0 Å². The number of hydrogen-bond donors (Lipinski definition) is 2. The monoisotopic (exact) mass is 392 g/mol. The molecular weight excluding hydrogens is 367 g/mol. The Morgan fingerprint density at radius 2 is 1.78 bits per heavy atom. The molecule has 4 nitrogen and oxygen atoms in total. The van der Waals surface area contributed by atoms with E-state index in [2.05, 4.69) is 17.6 Å². The number of ether oxygens (including phenoxy) is 1.